The number of allylic oxidation sites excluding steroid dienone is 4. The minimum Gasteiger partial charge on any atom is -0.508 e. The molecule has 3 aromatic rings. The summed E-state index contributed by atoms with van der Waals surface area (Å²) in [6, 6.07) is 1.70. The van der Waals surface area contributed by atoms with Gasteiger partial charge in [0.15, 0.2) is 0 Å². The summed E-state index contributed by atoms with van der Waals surface area (Å²) in [6.45, 7) is 6.39. The second-order valence-corrected chi connectivity index (χ2v) is 6.41. The van der Waals surface area contributed by atoms with Gasteiger partial charge in [0, 0.05) is 35.5 Å². The molecule has 28 heavy (non-hydrogen) atoms. The molecule has 0 spiro atoms. The van der Waals surface area contributed by atoms with Crippen molar-refractivity contribution in [3.8, 4) is 11.1 Å². The quantitative estimate of drug-likeness (QED) is 0.446. The Hall–Kier alpha value is -3.61. The van der Waals surface area contributed by atoms with E-state index in [1.807, 2.05) is 36.9 Å². The first-order chi connectivity index (χ1) is 13.4. The Balaban J connectivity index is 2.28. The van der Waals surface area contributed by atoms with Gasteiger partial charge >= 0.3 is 0 Å². The summed E-state index contributed by atoms with van der Waals surface area (Å²) in [6.07, 6.45) is 12.6. The van der Waals surface area contributed by atoms with Gasteiger partial charge in [-0.25, -0.2) is 4.98 Å². The molecule has 0 bridgehead atoms. The first-order valence-electron chi connectivity index (χ1n) is 8.99. The van der Waals surface area contributed by atoms with Crippen LogP contribution < -0.4 is 5.73 Å². The minimum atomic E-state index is -0.579. The number of aromatic amines is 1. The fourth-order valence-electron chi connectivity index (χ4n) is 3.02. The number of aliphatic hydroxyl groups is 1. The monoisotopic (exact) mass is 377 g/mol. The molecule has 7 heteroatoms. The molecule has 1 amide bonds. The lowest BCUT2D eigenvalue weighted by Crippen LogP contribution is -2.14. The molecule has 144 valence electrons. The number of hydrogen-bond donors (Lipinski definition) is 3. The molecule has 0 atom stereocenters. The predicted octanol–water partition coefficient (Wildman–Crippen LogP) is 3.97. The molecule has 0 saturated heterocycles. The first-order valence-corrected chi connectivity index (χ1v) is 8.99. The molecule has 7 nitrogen and oxygen atoms in total. The number of rotatable bonds is 6. The van der Waals surface area contributed by atoms with Crippen LogP contribution in [0, 0.1) is 0 Å². The molecule has 0 saturated carbocycles. The topological polar surface area (TPSA) is 110 Å². The van der Waals surface area contributed by atoms with Crippen LogP contribution in [0.4, 0.5) is 0 Å². The van der Waals surface area contributed by atoms with Crippen LogP contribution in [0.5, 0.6) is 0 Å². The normalized spacial score (nSPS) is 13.0. The maximum absolute atomic E-state index is 11.8. The summed E-state index contributed by atoms with van der Waals surface area (Å²) < 4.78 is 1.98. The van der Waals surface area contributed by atoms with Crippen molar-refractivity contribution in [3.05, 3.63) is 65.5 Å². The zero-order chi connectivity index (χ0) is 20.3. The average molecular weight is 377 g/mol. The molecule has 0 fully saturated rings. The lowest BCUT2D eigenvalue weighted by molar-refractivity contribution is 0.0996. The summed E-state index contributed by atoms with van der Waals surface area (Å²) in [4.78, 5) is 16.3. The number of aliphatic hydroxyl groups excluding tert-OH is 1. The van der Waals surface area contributed by atoms with Crippen molar-refractivity contribution in [2.75, 3.05) is 0 Å². The molecular formula is C21H23N5O2. The third-order valence-electron chi connectivity index (χ3n) is 4.46. The number of carbonyl (C=O) groups excluding carboxylic acids is 1. The Bertz CT molecular complexity index is 1100. The number of amides is 1. The second kappa shape index (κ2) is 7.96. The average Bonchev–Trinajstić information content (AvgIpc) is 3.33. The molecule has 4 N–H and O–H groups in total. The van der Waals surface area contributed by atoms with E-state index in [9.17, 15) is 9.90 Å². The second-order valence-electron chi connectivity index (χ2n) is 6.41. The van der Waals surface area contributed by atoms with Crippen molar-refractivity contribution in [2.24, 2.45) is 5.73 Å². The van der Waals surface area contributed by atoms with Crippen LogP contribution in [-0.4, -0.2) is 30.8 Å². The number of nitrogens with two attached hydrogens (primary N) is 1. The van der Waals surface area contributed by atoms with Gasteiger partial charge in [-0.15, -0.1) is 0 Å². The number of aryl methyl sites for hydroxylation is 1. The molecule has 3 heterocycles. The Kier molecular flexibility index (Phi) is 5.44. The highest BCUT2D eigenvalue weighted by molar-refractivity contribution is 6.03. The lowest BCUT2D eigenvalue weighted by atomic mass is 10.0. The van der Waals surface area contributed by atoms with Crippen LogP contribution in [0.1, 0.15) is 36.8 Å². The van der Waals surface area contributed by atoms with Crippen molar-refractivity contribution in [1.29, 1.82) is 0 Å². The molecule has 0 aromatic carbocycles. The van der Waals surface area contributed by atoms with E-state index in [0.717, 1.165) is 27.6 Å². The van der Waals surface area contributed by atoms with Gasteiger partial charge in [-0.3, -0.25) is 9.89 Å². The predicted molar refractivity (Wildman–Crippen MR) is 111 cm³/mol. The van der Waals surface area contributed by atoms with E-state index >= 15 is 0 Å². The maximum Gasteiger partial charge on any atom is 0.267 e. The summed E-state index contributed by atoms with van der Waals surface area (Å²) in [5.74, 6) is -0.397. The van der Waals surface area contributed by atoms with Crippen LogP contribution in [0.25, 0.3) is 28.2 Å². The minimum absolute atomic E-state index is 0.182. The standard InChI is InChI=1S/C21H23N5O2/c1-4-16(27)7-6-13(3)8-14-9-18(20(22)28)25-21-19(14)17(12-26(21)5-2)15-10-23-24-11-15/h4,6-12,27H,5H2,1-3H3,(H2,22,28)(H,23,24)/b7-6-,13-8+,16-4-. The third-order valence-corrected chi connectivity index (χ3v) is 4.46. The zero-order valence-electron chi connectivity index (χ0n) is 16.1. The smallest absolute Gasteiger partial charge is 0.267 e. The van der Waals surface area contributed by atoms with E-state index in [-0.39, 0.29) is 11.5 Å². The number of carbonyl (C=O) groups is 1. The van der Waals surface area contributed by atoms with Gasteiger partial charge < -0.3 is 15.4 Å². The highest BCUT2D eigenvalue weighted by atomic mass is 16.3. The van der Waals surface area contributed by atoms with Crippen molar-refractivity contribution in [3.63, 3.8) is 0 Å². The van der Waals surface area contributed by atoms with Crippen LogP contribution in [-0.2, 0) is 6.54 Å². The van der Waals surface area contributed by atoms with E-state index in [2.05, 4.69) is 15.2 Å². The summed E-state index contributed by atoms with van der Waals surface area (Å²) in [5.41, 5.74) is 10.0. The summed E-state index contributed by atoms with van der Waals surface area (Å²) in [5, 5.41) is 17.4. The van der Waals surface area contributed by atoms with Crippen LogP contribution in [0.15, 0.2) is 54.2 Å². The molecule has 0 unspecified atom stereocenters. The molecule has 0 radical (unpaired) electrons. The Morgan fingerprint density at radius 3 is 2.79 bits per heavy atom. The van der Waals surface area contributed by atoms with Crippen LogP contribution >= 0.6 is 0 Å². The van der Waals surface area contributed by atoms with E-state index < -0.39 is 5.91 Å². The van der Waals surface area contributed by atoms with Gasteiger partial charge in [-0.2, -0.15) is 5.10 Å². The summed E-state index contributed by atoms with van der Waals surface area (Å²) >= 11 is 0. The van der Waals surface area contributed by atoms with Crippen molar-refractivity contribution in [1.82, 2.24) is 19.7 Å². The largest absolute Gasteiger partial charge is 0.508 e. The number of nitrogens with zero attached hydrogens (tertiary/aromatic N) is 3. The van der Waals surface area contributed by atoms with E-state index in [1.165, 1.54) is 0 Å². The van der Waals surface area contributed by atoms with Crippen LogP contribution in [0.3, 0.4) is 0 Å². The molecule has 3 rings (SSSR count). The molecule has 0 aliphatic rings. The van der Waals surface area contributed by atoms with E-state index in [0.29, 0.717) is 12.2 Å². The van der Waals surface area contributed by atoms with Gasteiger partial charge in [0.2, 0.25) is 0 Å². The number of aromatic nitrogens is 4. The number of H-pyrrole nitrogens is 1. The van der Waals surface area contributed by atoms with E-state index in [4.69, 9.17) is 5.73 Å². The van der Waals surface area contributed by atoms with Crippen LogP contribution in [0.2, 0.25) is 0 Å². The Morgan fingerprint density at radius 1 is 1.39 bits per heavy atom. The Morgan fingerprint density at radius 2 is 2.18 bits per heavy atom. The van der Waals surface area contributed by atoms with E-state index in [1.54, 1.807) is 37.4 Å². The Labute approximate surface area is 162 Å². The zero-order valence-corrected chi connectivity index (χ0v) is 16.1. The van der Waals surface area contributed by atoms with Gasteiger partial charge in [0.05, 0.1) is 6.20 Å². The van der Waals surface area contributed by atoms with Gasteiger partial charge in [-0.1, -0.05) is 17.7 Å². The molecular weight excluding hydrogens is 354 g/mol. The van der Waals surface area contributed by atoms with Crippen molar-refractivity contribution in [2.45, 2.75) is 27.3 Å². The SMILES string of the molecule is C/C=C(O)/C=C\C(C)=C\c1cc(C(N)=O)nc2c1c(-c1cn[nH]c1)cn2CC. The third kappa shape index (κ3) is 3.73. The van der Waals surface area contributed by atoms with Crippen molar-refractivity contribution < 1.29 is 9.90 Å². The number of nitrogens with one attached hydrogen (secondary N) is 1. The number of fused-ring (bicyclic) bond motifs is 1. The highest BCUT2D eigenvalue weighted by Crippen LogP contribution is 2.33. The number of pyridine rings is 1. The van der Waals surface area contributed by atoms with Gasteiger partial charge in [0.1, 0.15) is 17.1 Å². The first kappa shape index (κ1) is 19.2. The van der Waals surface area contributed by atoms with Gasteiger partial charge in [0.25, 0.3) is 5.91 Å². The van der Waals surface area contributed by atoms with Crippen molar-refractivity contribution >= 4 is 23.0 Å². The van der Waals surface area contributed by atoms with Gasteiger partial charge in [-0.05, 0) is 44.6 Å². The summed E-state index contributed by atoms with van der Waals surface area (Å²) in [7, 11) is 0. The molecule has 0 aliphatic heterocycles. The maximum atomic E-state index is 11.8. The number of primary amides is 1. The highest BCUT2D eigenvalue weighted by Gasteiger charge is 2.17. The number of hydrogen-bond acceptors (Lipinski definition) is 4. The molecule has 0 aliphatic carbocycles. The fraction of sp³-hybridized carbons (Fsp3) is 0.190. The molecule has 3 aromatic heterocycles. The fourth-order valence-corrected chi connectivity index (χ4v) is 3.02. The lowest BCUT2D eigenvalue weighted by Gasteiger charge is -2.06.